The molecule has 330 valence electrons. The normalized spacial score (nSPS) is 14.2. The van der Waals surface area contributed by atoms with Crippen molar-refractivity contribution in [3.05, 3.63) is 229 Å². The Hall–Kier alpha value is -8.46. The fourth-order valence-corrected chi connectivity index (χ4v) is 12.7. The number of hydrogen-bond acceptors (Lipinski definition) is 2. The van der Waals surface area contributed by atoms with E-state index >= 15 is 0 Å². The lowest BCUT2D eigenvalue weighted by atomic mass is 9.78. The van der Waals surface area contributed by atoms with E-state index < -0.39 is 0 Å². The van der Waals surface area contributed by atoms with Gasteiger partial charge in [-0.15, -0.1) is 0 Å². The van der Waals surface area contributed by atoms with E-state index in [0.29, 0.717) is 0 Å². The van der Waals surface area contributed by atoms with Gasteiger partial charge in [0.2, 0.25) is 0 Å². The molecule has 2 heteroatoms. The van der Waals surface area contributed by atoms with Crippen LogP contribution in [0.3, 0.4) is 0 Å². The summed E-state index contributed by atoms with van der Waals surface area (Å²) in [5.41, 5.74) is 22.9. The van der Waals surface area contributed by atoms with Crippen molar-refractivity contribution in [1.29, 1.82) is 0 Å². The minimum absolute atomic E-state index is 0.323. The average molecular weight is 895 g/mol. The summed E-state index contributed by atoms with van der Waals surface area (Å²) < 4.78 is 14.2. The van der Waals surface area contributed by atoms with Gasteiger partial charge in [0.15, 0.2) is 0 Å². The van der Waals surface area contributed by atoms with Crippen molar-refractivity contribution in [2.45, 2.75) is 38.5 Å². The fourth-order valence-electron chi connectivity index (χ4n) is 12.7. The summed E-state index contributed by atoms with van der Waals surface area (Å²) in [4.78, 5) is 0. The van der Waals surface area contributed by atoms with Gasteiger partial charge < -0.3 is 8.83 Å². The Bertz CT molecular complexity index is 4090. The van der Waals surface area contributed by atoms with Crippen LogP contribution >= 0.6 is 0 Å². The third kappa shape index (κ3) is 5.34. The van der Waals surface area contributed by atoms with Crippen molar-refractivity contribution in [3.8, 4) is 66.8 Å². The number of fused-ring (bicyclic) bond motifs is 16. The van der Waals surface area contributed by atoms with Gasteiger partial charge in [0.1, 0.15) is 22.3 Å². The molecule has 0 N–H and O–H groups in total. The number of benzene rings is 11. The zero-order chi connectivity index (χ0) is 46.6. The predicted octanol–water partition coefficient (Wildman–Crippen LogP) is 19.1. The standard InChI is InChI=1S/C68H46O2/c1-67(2)55-37-54-56(38-53(55)63-57(67)35-51(61-49-21-9-11-25-59(49)69-65(61)63)43-31-27-41(28-32-43)47-23-13-17-39-15-5-7-19-45(39)47)68(3,4)58-36-52(62-50-22-10-12-26-60(50)70-66(62)64(54)58)44-33-29-42(30-34-44)48-24-14-18-40-16-6-8-20-46(40)48/h5-38H,1-4H3. The Morgan fingerprint density at radius 3 is 1.03 bits per heavy atom. The second-order valence-electron chi connectivity index (χ2n) is 20.7. The van der Waals surface area contributed by atoms with Crippen LogP contribution in [0.1, 0.15) is 49.9 Å². The minimum Gasteiger partial charge on any atom is -0.455 e. The highest BCUT2D eigenvalue weighted by Crippen LogP contribution is 2.61. The van der Waals surface area contributed by atoms with Crippen LogP contribution in [0.2, 0.25) is 0 Å². The molecule has 13 aromatic rings. The second kappa shape index (κ2) is 14.1. The molecule has 0 atom stereocenters. The van der Waals surface area contributed by atoms with Gasteiger partial charge in [-0.1, -0.05) is 198 Å². The summed E-state index contributed by atoms with van der Waals surface area (Å²) in [6.07, 6.45) is 0. The Labute approximate surface area is 406 Å². The van der Waals surface area contributed by atoms with Gasteiger partial charge in [-0.3, -0.25) is 0 Å². The smallest absolute Gasteiger partial charge is 0.144 e. The first-order valence-corrected chi connectivity index (χ1v) is 24.6. The first-order chi connectivity index (χ1) is 34.2. The SMILES string of the molecule is CC1(C)c2cc3c(cc2-c2c1cc(-c1ccc(-c4cccc5ccccc45)cc1)c1c2oc2ccccc21)C(C)(C)c1cc(-c2ccc(-c4cccc5ccccc45)cc2)c2c(oc4ccccc42)c1-3. The van der Waals surface area contributed by atoms with Crippen LogP contribution in [-0.4, -0.2) is 0 Å². The highest BCUT2D eigenvalue weighted by Gasteiger charge is 2.45. The molecule has 2 aliphatic carbocycles. The lowest BCUT2D eigenvalue weighted by Gasteiger charge is -2.24. The van der Waals surface area contributed by atoms with E-state index in [0.717, 1.165) is 33.1 Å². The van der Waals surface area contributed by atoms with Crippen molar-refractivity contribution in [1.82, 2.24) is 0 Å². The van der Waals surface area contributed by atoms with Gasteiger partial charge in [0.25, 0.3) is 0 Å². The van der Waals surface area contributed by atoms with Crippen molar-refractivity contribution < 1.29 is 8.83 Å². The summed E-state index contributed by atoms with van der Waals surface area (Å²) in [6.45, 7) is 9.59. The Kier molecular flexibility index (Phi) is 7.94. The highest BCUT2D eigenvalue weighted by atomic mass is 16.3. The second-order valence-corrected chi connectivity index (χ2v) is 20.7. The zero-order valence-electron chi connectivity index (χ0n) is 39.4. The van der Waals surface area contributed by atoms with Gasteiger partial charge in [-0.2, -0.15) is 0 Å². The third-order valence-corrected chi connectivity index (χ3v) is 16.3. The van der Waals surface area contributed by atoms with E-state index in [1.165, 1.54) is 121 Å². The van der Waals surface area contributed by atoms with Gasteiger partial charge in [-0.05, 0) is 136 Å². The molecule has 0 amide bonds. The number of para-hydroxylation sites is 2. The summed E-state index contributed by atoms with van der Waals surface area (Å²) in [5.74, 6) is 0. The molecule has 0 bridgehead atoms. The monoisotopic (exact) mass is 894 g/mol. The number of hydrogen-bond donors (Lipinski definition) is 0. The van der Waals surface area contributed by atoms with E-state index in [2.05, 4.69) is 234 Å². The molecular weight excluding hydrogens is 849 g/mol. The van der Waals surface area contributed by atoms with Crippen LogP contribution in [0.25, 0.3) is 132 Å². The molecule has 2 aliphatic rings. The quantitative estimate of drug-likeness (QED) is 0.176. The van der Waals surface area contributed by atoms with Gasteiger partial charge >= 0.3 is 0 Å². The Balaban J connectivity index is 0.910. The van der Waals surface area contributed by atoms with Crippen LogP contribution < -0.4 is 0 Å². The van der Waals surface area contributed by atoms with Crippen molar-refractivity contribution in [2.75, 3.05) is 0 Å². The summed E-state index contributed by atoms with van der Waals surface area (Å²) in [7, 11) is 0. The predicted molar refractivity (Wildman–Crippen MR) is 293 cm³/mol. The van der Waals surface area contributed by atoms with Gasteiger partial charge in [0.05, 0.1) is 0 Å². The molecule has 70 heavy (non-hydrogen) atoms. The van der Waals surface area contributed by atoms with Crippen molar-refractivity contribution >= 4 is 65.4 Å². The van der Waals surface area contributed by atoms with Gasteiger partial charge in [0, 0.05) is 43.5 Å². The van der Waals surface area contributed by atoms with E-state index in [4.69, 9.17) is 8.83 Å². The van der Waals surface area contributed by atoms with Crippen LogP contribution in [0.15, 0.2) is 215 Å². The molecule has 0 spiro atoms. The molecule has 2 aromatic heterocycles. The van der Waals surface area contributed by atoms with E-state index in [1.54, 1.807) is 0 Å². The molecule has 2 heterocycles. The lowest BCUT2D eigenvalue weighted by Crippen LogP contribution is -2.17. The topological polar surface area (TPSA) is 26.3 Å². The van der Waals surface area contributed by atoms with Crippen LogP contribution in [-0.2, 0) is 10.8 Å². The first-order valence-electron chi connectivity index (χ1n) is 24.6. The van der Waals surface area contributed by atoms with Crippen LogP contribution in [0, 0.1) is 0 Å². The fraction of sp³-hybridized carbons (Fsp3) is 0.0882. The zero-order valence-corrected chi connectivity index (χ0v) is 39.4. The van der Waals surface area contributed by atoms with Crippen LogP contribution in [0.5, 0.6) is 0 Å². The largest absolute Gasteiger partial charge is 0.455 e. The maximum atomic E-state index is 7.08. The molecule has 0 unspecified atom stereocenters. The molecule has 11 aromatic carbocycles. The van der Waals surface area contributed by atoms with Crippen LogP contribution in [0.4, 0.5) is 0 Å². The third-order valence-electron chi connectivity index (χ3n) is 16.3. The molecule has 2 nitrogen and oxygen atoms in total. The van der Waals surface area contributed by atoms with E-state index in [9.17, 15) is 0 Å². The van der Waals surface area contributed by atoms with Crippen molar-refractivity contribution in [2.24, 2.45) is 0 Å². The molecule has 0 aliphatic heterocycles. The Morgan fingerprint density at radius 2 is 0.614 bits per heavy atom. The summed E-state index contributed by atoms with van der Waals surface area (Å²) >= 11 is 0. The maximum absolute atomic E-state index is 7.08. The molecule has 0 saturated carbocycles. The maximum Gasteiger partial charge on any atom is 0.144 e. The van der Waals surface area contributed by atoms with E-state index in [-0.39, 0.29) is 10.8 Å². The first kappa shape index (κ1) is 39.5. The van der Waals surface area contributed by atoms with Crippen molar-refractivity contribution in [3.63, 3.8) is 0 Å². The summed E-state index contributed by atoms with van der Waals surface area (Å²) in [5, 5.41) is 9.63. The average Bonchev–Trinajstić information content (AvgIpc) is 4.10. The molecule has 0 fully saturated rings. The highest BCUT2D eigenvalue weighted by molar-refractivity contribution is 6.20. The minimum atomic E-state index is -0.323. The molecule has 0 saturated heterocycles. The Morgan fingerprint density at radius 1 is 0.286 bits per heavy atom. The van der Waals surface area contributed by atoms with E-state index in [1.807, 2.05) is 0 Å². The molecule has 15 rings (SSSR count). The molecular formula is C68H46O2. The number of furan rings is 2. The number of rotatable bonds is 4. The summed E-state index contributed by atoms with van der Waals surface area (Å²) in [6, 6.07) is 75.9. The van der Waals surface area contributed by atoms with Gasteiger partial charge in [-0.25, -0.2) is 0 Å². The molecule has 0 radical (unpaired) electrons. The lowest BCUT2D eigenvalue weighted by molar-refractivity contribution is 0.648.